The number of anilines is 1. The third-order valence-corrected chi connectivity index (χ3v) is 5.45. The second kappa shape index (κ2) is 7.61. The molecular weight excluding hydrogens is 346 g/mol. The van der Waals surface area contributed by atoms with Gasteiger partial charge in [-0.05, 0) is 18.6 Å². The van der Waals surface area contributed by atoms with E-state index in [-0.39, 0.29) is 5.91 Å². The van der Waals surface area contributed by atoms with E-state index in [9.17, 15) is 4.79 Å². The van der Waals surface area contributed by atoms with Gasteiger partial charge in [0.1, 0.15) is 5.01 Å². The average Bonchev–Trinajstić information content (AvgIpc) is 3.07. The van der Waals surface area contributed by atoms with Gasteiger partial charge in [0.15, 0.2) is 0 Å². The van der Waals surface area contributed by atoms with Gasteiger partial charge in [-0.3, -0.25) is 9.78 Å². The molecule has 1 amide bonds. The number of pyridine rings is 1. The van der Waals surface area contributed by atoms with E-state index in [1.54, 1.807) is 35.9 Å². The summed E-state index contributed by atoms with van der Waals surface area (Å²) >= 11 is 1.60. The Morgan fingerprint density at radius 1 is 0.923 bits per heavy atom. The molecule has 0 unspecified atom stereocenters. The lowest BCUT2D eigenvalue weighted by molar-refractivity contribution is 0.0767. The summed E-state index contributed by atoms with van der Waals surface area (Å²) < 4.78 is 0. The predicted octanol–water partition coefficient (Wildman–Crippen LogP) is 2.95. The van der Waals surface area contributed by atoms with Crippen LogP contribution in [-0.2, 0) is 0 Å². The molecule has 3 aromatic rings. The first-order valence-electron chi connectivity index (χ1n) is 8.64. The molecule has 0 N–H and O–H groups in total. The van der Waals surface area contributed by atoms with Crippen molar-refractivity contribution in [3.05, 3.63) is 60.4 Å². The standard InChI is InChI=1S/C19H19N5OS/c25-18(16-7-9-20-10-8-16)23-11-4-12-24(14-13-23)19-22-21-17(26-19)15-5-2-1-3-6-15/h1-3,5-10H,4,11-14H2. The topological polar surface area (TPSA) is 62.2 Å². The quantitative estimate of drug-likeness (QED) is 0.714. The van der Waals surface area contributed by atoms with Crippen LogP contribution in [0.1, 0.15) is 16.8 Å². The second-order valence-corrected chi connectivity index (χ2v) is 7.08. The molecule has 1 aliphatic rings. The van der Waals surface area contributed by atoms with E-state index in [4.69, 9.17) is 0 Å². The fourth-order valence-electron chi connectivity index (χ4n) is 3.03. The third kappa shape index (κ3) is 3.57. The normalized spacial score (nSPS) is 14.9. The highest BCUT2D eigenvalue weighted by Crippen LogP contribution is 2.29. The van der Waals surface area contributed by atoms with E-state index in [2.05, 4.69) is 20.1 Å². The number of carbonyl (C=O) groups is 1. The molecule has 0 bridgehead atoms. The number of amides is 1. The van der Waals surface area contributed by atoms with Crippen LogP contribution in [0.3, 0.4) is 0 Å². The second-order valence-electron chi connectivity index (χ2n) is 6.12. The Labute approximate surface area is 156 Å². The molecule has 1 aliphatic heterocycles. The zero-order chi connectivity index (χ0) is 17.8. The minimum absolute atomic E-state index is 0.0662. The van der Waals surface area contributed by atoms with Gasteiger partial charge in [-0.1, -0.05) is 41.7 Å². The average molecular weight is 365 g/mol. The molecule has 2 aromatic heterocycles. The van der Waals surface area contributed by atoms with Crippen molar-refractivity contribution < 1.29 is 4.79 Å². The van der Waals surface area contributed by atoms with E-state index >= 15 is 0 Å². The largest absolute Gasteiger partial charge is 0.345 e. The van der Waals surface area contributed by atoms with Crippen LogP contribution < -0.4 is 4.90 Å². The van der Waals surface area contributed by atoms with Crippen LogP contribution in [0.25, 0.3) is 10.6 Å². The fraction of sp³-hybridized carbons (Fsp3) is 0.263. The molecule has 1 saturated heterocycles. The monoisotopic (exact) mass is 365 g/mol. The highest BCUT2D eigenvalue weighted by atomic mass is 32.1. The molecule has 0 atom stereocenters. The minimum atomic E-state index is 0.0662. The smallest absolute Gasteiger partial charge is 0.254 e. The summed E-state index contributed by atoms with van der Waals surface area (Å²) in [4.78, 5) is 20.8. The van der Waals surface area contributed by atoms with Gasteiger partial charge in [0.05, 0.1) is 0 Å². The zero-order valence-corrected chi connectivity index (χ0v) is 15.1. The summed E-state index contributed by atoms with van der Waals surface area (Å²) in [6.45, 7) is 3.08. The van der Waals surface area contributed by atoms with Gasteiger partial charge in [-0.2, -0.15) is 0 Å². The maximum atomic E-state index is 12.6. The summed E-state index contributed by atoms with van der Waals surface area (Å²) in [5.74, 6) is 0.0662. The first-order chi connectivity index (χ1) is 12.8. The van der Waals surface area contributed by atoms with Gasteiger partial charge < -0.3 is 9.80 Å². The van der Waals surface area contributed by atoms with Crippen molar-refractivity contribution in [3.63, 3.8) is 0 Å². The number of hydrogen-bond donors (Lipinski definition) is 0. The molecule has 3 heterocycles. The van der Waals surface area contributed by atoms with Crippen molar-refractivity contribution in [1.29, 1.82) is 0 Å². The van der Waals surface area contributed by atoms with Crippen LogP contribution >= 0.6 is 11.3 Å². The number of hydrogen-bond acceptors (Lipinski definition) is 6. The van der Waals surface area contributed by atoms with Gasteiger partial charge >= 0.3 is 0 Å². The maximum Gasteiger partial charge on any atom is 0.254 e. The number of carbonyl (C=O) groups excluding carboxylic acids is 1. The van der Waals surface area contributed by atoms with Gasteiger partial charge in [-0.25, -0.2) is 0 Å². The Morgan fingerprint density at radius 2 is 1.73 bits per heavy atom. The van der Waals surface area contributed by atoms with Crippen LogP contribution in [0.2, 0.25) is 0 Å². The van der Waals surface area contributed by atoms with Gasteiger partial charge in [0, 0.05) is 49.7 Å². The van der Waals surface area contributed by atoms with Crippen LogP contribution in [0.15, 0.2) is 54.9 Å². The molecule has 0 aliphatic carbocycles. The van der Waals surface area contributed by atoms with Crippen LogP contribution in [0.5, 0.6) is 0 Å². The summed E-state index contributed by atoms with van der Waals surface area (Å²) in [5.41, 5.74) is 1.77. The maximum absolute atomic E-state index is 12.6. The van der Waals surface area contributed by atoms with Crippen molar-refractivity contribution in [2.75, 3.05) is 31.1 Å². The lowest BCUT2D eigenvalue weighted by Gasteiger charge is -2.21. The molecule has 1 fully saturated rings. The number of nitrogens with zero attached hydrogens (tertiary/aromatic N) is 5. The molecule has 6 nitrogen and oxygen atoms in total. The molecular formula is C19H19N5OS. The Balaban J connectivity index is 1.44. The lowest BCUT2D eigenvalue weighted by Crippen LogP contribution is -2.35. The van der Waals surface area contributed by atoms with E-state index in [1.807, 2.05) is 35.2 Å². The molecule has 0 spiro atoms. The summed E-state index contributed by atoms with van der Waals surface area (Å²) in [6, 6.07) is 13.6. The van der Waals surface area contributed by atoms with Crippen molar-refractivity contribution in [2.45, 2.75) is 6.42 Å². The Bertz CT molecular complexity index is 868. The number of aromatic nitrogens is 3. The molecule has 7 heteroatoms. The molecule has 4 rings (SSSR count). The summed E-state index contributed by atoms with van der Waals surface area (Å²) in [5, 5.41) is 10.5. The molecule has 0 radical (unpaired) electrons. The predicted molar refractivity (Wildman–Crippen MR) is 102 cm³/mol. The molecule has 1 aromatic carbocycles. The summed E-state index contributed by atoms with van der Waals surface area (Å²) in [7, 11) is 0. The zero-order valence-electron chi connectivity index (χ0n) is 14.3. The first-order valence-corrected chi connectivity index (χ1v) is 9.46. The Morgan fingerprint density at radius 3 is 2.54 bits per heavy atom. The van der Waals surface area contributed by atoms with Crippen LogP contribution in [0, 0.1) is 0 Å². The van der Waals surface area contributed by atoms with E-state index in [1.165, 1.54) is 0 Å². The summed E-state index contributed by atoms with van der Waals surface area (Å²) in [6.07, 6.45) is 4.23. The van der Waals surface area contributed by atoms with Crippen molar-refractivity contribution in [3.8, 4) is 10.6 Å². The first kappa shape index (κ1) is 16.7. The highest BCUT2D eigenvalue weighted by Gasteiger charge is 2.22. The number of rotatable bonds is 3. The minimum Gasteiger partial charge on any atom is -0.345 e. The van der Waals surface area contributed by atoms with E-state index in [0.29, 0.717) is 12.1 Å². The van der Waals surface area contributed by atoms with Crippen molar-refractivity contribution >= 4 is 22.4 Å². The van der Waals surface area contributed by atoms with Crippen LogP contribution in [0.4, 0.5) is 5.13 Å². The Kier molecular flexibility index (Phi) is 4.88. The third-order valence-electron chi connectivity index (χ3n) is 4.42. The van der Waals surface area contributed by atoms with Crippen LogP contribution in [-0.4, -0.2) is 52.2 Å². The number of benzene rings is 1. The Hall–Kier alpha value is -2.80. The van der Waals surface area contributed by atoms with E-state index in [0.717, 1.165) is 41.8 Å². The van der Waals surface area contributed by atoms with E-state index < -0.39 is 0 Å². The molecule has 132 valence electrons. The van der Waals surface area contributed by atoms with Crippen molar-refractivity contribution in [1.82, 2.24) is 20.1 Å². The SMILES string of the molecule is O=C(c1ccncc1)N1CCCN(c2nnc(-c3ccccc3)s2)CC1. The highest BCUT2D eigenvalue weighted by molar-refractivity contribution is 7.18. The fourth-order valence-corrected chi connectivity index (χ4v) is 3.93. The van der Waals surface area contributed by atoms with Gasteiger partial charge in [0.2, 0.25) is 5.13 Å². The molecule has 0 saturated carbocycles. The lowest BCUT2D eigenvalue weighted by atomic mass is 10.2. The van der Waals surface area contributed by atoms with Crippen molar-refractivity contribution in [2.24, 2.45) is 0 Å². The van der Waals surface area contributed by atoms with Gasteiger partial charge in [-0.15, -0.1) is 10.2 Å². The van der Waals surface area contributed by atoms with Gasteiger partial charge in [0.25, 0.3) is 5.91 Å². The molecule has 26 heavy (non-hydrogen) atoms.